The summed E-state index contributed by atoms with van der Waals surface area (Å²) in [7, 11) is 3.21. The summed E-state index contributed by atoms with van der Waals surface area (Å²) < 4.78 is 10.4. The Bertz CT molecular complexity index is 531. The third kappa shape index (κ3) is 2.32. The zero-order chi connectivity index (χ0) is 12.3. The Morgan fingerprint density at radius 2 is 2.06 bits per heavy atom. The van der Waals surface area contributed by atoms with Crippen molar-refractivity contribution in [1.82, 2.24) is 9.97 Å². The molecule has 0 aliphatic heterocycles. The maximum Gasteiger partial charge on any atom is 0.167 e. The van der Waals surface area contributed by atoms with Gasteiger partial charge in [0.05, 0.1) is 31.0 Å². The minimum atomic E-state index is 0.591. The van der Waals surface area contributed by atoms with Gasteiger partial charge in [-0.3, -0.25) is 0 Å². The molecule has 5 heteroatoms. The number of nitrogens with one attached hydrogen (secondary N) is 1. The van der Waals surface area contributed by atoms with Crippen LogP contribution in [0.4, 0.5) is 0 Å². The summed E-state index contributed by atoms with van der Waals surface area (Å²) in [6.07, 6.45) is 5.21. The number of aromatic nitrogens is 2. The van der Waals surface area contributed by atoms with Crippen molar-refractivity contribution in [2.45, 2.75) is 5.16 Å². The molecule has 0 unspecified atom stereocenters. The molecule has 0 amide bonds. The number of hydrogen-bond donors (Lipinski definition) is 1. The van der Waals surface area contributed by atoms with Crippen LogP contribution in [0, 0.1) is 12.3 Å². The van der Waals surface area contributed by atoms with Crippen molar-refractivity contribution in [1.29, 1.82) is 0 Å². The van der Waals surface area contributed by atoms with E-state index in [0.29, 0.717) is 17.3 Å². The van der Waals surface area contributed by atoms with Gasteiger partial charge in [0.1, 0.15) is 0 Å². The van der Waals surface area contributed by atoms with Gasteiger partial charge in [0, 0.05) is 12.1 Å². The molecule has 0 bridgehead atoms. The number of rotatable bonds is 4. The van der Waals surface area contributed by atoms with Crippen molar-refractivity contribution in [2.75, 3.05) is 20.0 Å². The number of terminal acetylenes is 1. The van der Waals surface area contributed by atoms with E-state index in [1.165, 1.54) is 11.8 Å². The van der Waals surface area contributed by atoms with Crippen LogP contribution in [0.3, 0.4) is 0 Å². The number of benzene rings is 1. The highest BCUT2D eigenvalue weighted by molar-refractivity contribution is 7.99. The first-order valence-corrected chi connectivity index (χ1v) is 5.95. The number of H-pyrrole nitrogens is 1. The molecule has 1 heterocycles. The van der Waals surface area contributed by atoms with Crippen LogP contribution in [0.5, 0.6) is 11.5 Å². The van der Waals surface area contributed by atoms with Crippen molar-refractivity contribution in [2.24, 2.45) is 0 Å². The molecule has 2 rings (SSSR count). The molecule has 0 saturated carbocycles. The Morgan fingerprint density at radius 1 is 1.35 bits per heavy atom. The Kier molecular flexibility index (Phi) is 3.45. The zero-order valence-electron chi connectivity index (χ0n) is 9.61. The van der Waals surface area contributed by atoms with E-state index in [0.717, 1.165) is 16.2 Å². The maximum absolute atomic E-state index is 5.22. The zero-order valence-corrected chi connectivity index (χ0v) is 10.4. The van der Waals surface area contributed by atoms with Crippen molar-refractivity contribution >= 4 is 22.8 Å². The first kappa shape index (κ1) is 11.7. The van der Waals surface area contributed by atoms with E-state index in [4.69, 9.17) is 15.9 Å². The van der Waals surface area contributed by atoms with Crippen LogP contribution in [0.25, 0.3) is 11.0 Å². The van der Waals surface area contributed by atoms with Crippen LogP contribution in [-0.4, -0.2) is 29.9 Å². The van der Waals surface area contributed by atoms with Crippen molar-refractivity contribution in [3.63, 3.8) is 0 Å². The van der Waals surface area contributed by atoms with Crippen LogP contribution < -0.4 is 9.47 Å². The van der Waals surface area contributed by atoms with Gasteiger partial charge in [0.25, 0.3) is 0 Å². The predicted octanol–water partition coefficient (Wildman–Crippen LogP) is 2.31. The molecule has 1 aromatic carbocycles. The van der Waals surface area contributed by atoms with Gasteiger partial charge in [-0.2, -0.15) is 0 Å². The highest BCUT2D eigenvalue weighted by Gasteiger charge is 2.09. The highest BCUT2D eigenvalue weighted by Crippen LogP contribution is 2.32. The lowest BCUT2D eigenvalue weighted by molar-refractivity contribution is 0.356. The van der Waals surface area contributed by atoms with Gasteiger partial charge in [-0.25, -0.2) is 4.98 Å². The molecule has 2 aromatic rings. The number of ether oxygens (including phenoxy) is 2. The van der Waals surface area contributed by atoms with Crippen molar-refractivity contribution in [3.05, 3.63) is 12.1 Å². The first-order chi connectivity index (χ1) is 8.28. The van der Waals surface area contributed by atoms with Gasteiger partial charge in [-0.15, -0.1) is 6.42 Å². The molecule has 88 valence electrons. The quantitative estimate of drug-likeness (QED) is 0.666. The van der Waals surface area contributed by atoms with Crippen LogP contribution in [0.2, 0.25) is 0 Å². The molecule has 0 fully saturated rings. The molecule has 0 atom stereocenters. The second-order valence-electron chi connectivity index (χ2n) is 3.26. The predicted molar refractivity (Wildman–Crippen MR) is 68.8 cm³/mol. The summed E-state index contributed by atoms with van der Waals surface area (Å²) >= 11 is 1.49. The van der Waals surface area contributed by atoms with Crippen LogP contribution in [0.1, 0.15) is 0 Å². The molecule has 0 aliphatic carbocycles. The standard InChI is InChI=1S/C12H12N2O2S/c1-4-5-17-12-13-8-6-10(15-2)11(16-3)7-9(8)14-12/h1,6-7H,5H2,2-3H3,(H,13,14). The molecule has 4 nitrogen and oxygen atoms in total. The monoisotopic (exact) mass is 248 g/mol. The summed E-state index contributed by atoms with van der Waals surface area (Å²) in [5, 5.41) is 0.799. The van der Waals surface area contributed by atoms with E-state index in [1.807, 2.05) is 12.1 Å². The smallest absolute Gasteiger partial charge is 0.167 e. The van der Waals surface area contributed by atoms with E-state index in [1.54, 1.807) is 14.2 Å². The molecule has 0 aliphatic rings. The number of nitrogens with zero attached hydrogens (tertiary/aromatic N) is 1. The summed E-state index contributed by atoms with van der Waals surface area (Å²) in [5.74, 6) is 4.50. The van der Waals surface area contributed by atoms with Gasteiger partial charge in [0.15, 0.2) is 16.7 Å². The minimum absolute atomic E-state index is 0.591. The maximum atomic E-state index is 5.22. The van der Waals surface area contributed by atoms with Gasteiger partial charge >= 0.3 is 0 Å². The average Bonchev–Trinajstić information content (AvgIpc) is 2.76. The third-order valence-corrected chi connectivity index (χ3v) is 3.04. The fraction of sp³-hybridized carbons (Fsp3) is 0.250. The lowest BCUT2D eigenvalue weighted by Gasteiger charge is -2.06. The van der Waals surface area contributed by atoms with Crippen LogP contribution in [0.15, 0.2) is 17.3 Å². The number of aromatic amines is 1. The van der Waals surface area contributed by atoms with Crippen molar-refractivity contribution in [3.8, 4) is 23.8 Å². The average molecular weight is 248 g/mol. The molecule has 1 aromatic heterocycles. The van der Waals surface area contributed by atoms with Crippen LogP contribution in [-0.2, 0) is 0 Å². The molecule has 0 saturated heterocycles. The number of thioether (sulfide) groups is 1. The van der Waals surface area contributed by atoms with E-state index < -0.39 is 0 Å². The molecular weight excluding hydrogens is 236 g/mol. The Morgan fingerprint density at radius 3 is 2.71 bits per heavy atom. The minimum Gasteiger partial charge on any atom is -0.493 e. The van der Waals surface area contributed by atoms with E-state index in [9.17, 15) is 0 Å². The van der Waals surface area contributed by atoms with E-state index >= 15 is 0 Å². The lowest BCUT2D eigenvalue weighted by Crippen LogP contribution is -1.89. The summed E-state index contributed by atoms with van der Waals surface area (Å²) in [6.45, 7) is 0. The fourth-order valence-corrected chi connectivity index (χ4v) is 2.06. The normalized spacial score (nSPS) is 10.2. The lowest BCUT2D eigenvalue weighted by atomic mass is 10.3. The van der Waals surface area contributed by atoms with Crippen LogP contribution >= 0.6 is 11.8 Å². The summed E-state index contributed by atoms with van der Waals surface area (Å²) in [5.41, 5.74) is 1.74. The summed E-state index contributed by atoms with van der Waals surface area (Å²) in [4.78, 5) is 7.59. The highest BCUT2D eigenvalue weighted by atomic mass is 32.2. The fourth-order valence-electron chi connectivity index (χ4n) is 1.49. The topological polar surface area (TPSA) is 47.1 Å². The summed E-state index contributed by atoms with van der Waals surface area (Å²) in [6, 6.07) is 3.70. The van der Waals surface area contributed by atoms with Gasteiger partial charge < -0.3 is 14.5 Å². The Labute approximate surface area is 104 Å². The van der Waals surface area contributed by atoms with Gasteiger partial charge in [-0.1, -0.05) is 17.7 Å². The van der Waals surface area contributed by atoms with E-state index in [-0.39, 0.29) is 0 Å². The van der Waals surface area contributed by atoms with Gasteiger partial charge in [-0.05, 0) is 0 Å². The van der Waals surface area contributed by atoms with Gasteiger partial charge in [0.2, 0.25) is 0 Å². The second-order valence-corrected chi connectivity index (χ2v) is 4.22. The largest absolute Gasteiger partial charge is 0.493 e. The first-order valence-electron chi connectivity index (χ1n) is 4.96. The van der Waals surface area contributed by atoms with E-state index in [2.05, 4.69) is 15.9 Å². The molecular formula is C12H12N2O2S. The number of hydrogen-bond acceptors (Lipinski definition) is 4. The number of fused-ring (bicyclic) bond motifs is 1. The molecule has 17 heavy (non-hydrogen) atoms. The third-order valence-electron chi connectivity index (χ3n) is 2.26. The molecule has 0 spiro atoms. The SMILES string of the molecule is C#CCSc1nc2cc(OC)c(OC)cc2[nH]1. The molecule has 0 radical (unpaired) electrons. The Balaban J connectivity index is 2.43. The number of imidazole rings is 1. The molecule has 1 N–H and O–H groups in total. The number of methoxy groups -OCH3 is 2. The second kappa shape index (κ2) is 5.02. The van der Waals surface area contributed by atoms with Crippen molar-refractivity contribution < 1.29 is 9.47 Å². The Hall–Kier alpha value is -1.80.